The molecule has 1 heterocycles. The highest BCUT2D eigenvalue weighted by Gasteiger charge is 2.40. The van der Waals surface area contributed by atoms with Crippen LogP contribution in [-0.4, -0.2) is 28.9 Å². The van der Waals surface area contributed by atoms with E-state index >= 15 is 0 Å². The van der Waals surface area contributed by atoms with Crippen LogP contribution in [0.4, 0.5) is 5.69 Å². The highest BCUT2D eigenvalue weighted by Crippen LogP contribution is 2.41. The average molecular weight is 538 g/mol. The number of halogens is 2. The lowest BCUT2D eigenvalue weighted by Gasteiger charge is -2.29. The normalized spacial score (nSPS) is 26.4. The minimum Gasteiger partial charge on any atom is -0.391 e. The Morgan fingerprint density at radius 2 is 1.87 bits per heavy atom. The van der Waals surface area contributed by atoms with Crippen LogP contribution in [0, 0.1) is 9.49 Å². The van der Waals surface area contributed by atoms with E-state index in [-0.39, 0.29) is 23.9 Å². The van der Waals surface area contributed by atoms with Crippen molar-refractivity contribution in [3.63, 3.8) is 0 Å². The molecule has 0 bridgehead atoms. The lowest BCUT2D eigenvalue weighted by Crippen LogP contribution is -2.48. The summed E-state index contributed by atoms with van der Waals surface area (Å²) in [6, 6.07) is 15.5. The van der Waals surface area contributed by atoms with Crippen LogP contribution in [0.25, 0.3) is 0 Å². The highest BCUT2D eigenvalue weighted by atomic mass is 127. The molecule has 7 heteroatoms. The number of para-hydroxylation sites is 1. The standard InChI is InChI=1S/C23H25ClIN3O2/c1-14-21(23(30)26-18-7-3-5-9-20(18)29)27-28(19-8-4-2-6-17(19)24)22(14)15-10-12-16(25)13-11-15/h2,4,6,8,10-14,18,20,22,29H,3,5,7,9H2,1H3,(H,26,30)/t14-,18-,20-,22+/m0/s1. The van der Waals surface area contributed by atoms with Gasteiger partial charge in [0.05, 0.1) is 28.9 Å². The molecule has 2 aliphatic rings. The van der Waals surface area contributed by atoms with E-state index in [1.165, 1.54) is 0 Å². The summed E-state index contributed by atoms with van der Waals surface area (Å²) in [5.41, 5.74) is 2.32. The molecule has 2 N–H and O–H groups in total. The number of rotatable bonds is 4. The van der Waals surface area contributed by atoms with Crippen molar-refractivity contribution in [3.05, 3.63) is 62.7 Å². The predicted molar refractivity (Wildman–Crippen MR) is 129 cm³/mol. The number of benzene rings is 2. The Bertz CT molecular complexity index is 950. The molecule has 1 aliphatic carbocycles. The lowest BCUT2D eigenvalue weighted by molar-refractivity contribution is -0.116. The Labute approximate surface area is 195 Å². The van der Waals surface area contributed by atoms with Crippen molar-refractivity contribution >= 4 is 51.5 Å². The van der Waals surface area contributed by atoms with Gasteiger partial charge < -0.3 is 10.4 Å². The molecule has 0 saturated heterocycles. The summed E-state index contributed by atoms with van der Waals surface area (Å²) in [4.78, 5) is 13.1. The first-order valence-corrected chi connectivity index (χ1v) is 11.8. The van der Waals surface area contributed by atoms with Crippen LogP contribution >= 0.6 is 34.2 Å². The van der Waals surface area contributed by atoms with Gasteiger partial charge in [0.1, 0.15) is 5.71 Å². The molecule has 0 spiro atoms. The number of hydrogen-bond donors (Lipinski definition) is 2. The average Bonchev–Trinajstić information content (AvgIpc) is 3.08. The fourth-order valence-electron chi connectivity index (χ4n) is 4.34. The topological polar surface area (TPSA) is 64.9 Å². The highest BCUT2D eigenvalue weighted by molar-refractivity contribution is 14.1. The van der Waals surface area contributed by atoms with Gasteiger partial charge in [0.25, 0.3) is 5.91 Å². The number of carbonyl (C=O) groups is 1. The largest absolute Gasteiger partial charge is 0.391 e. The third-order valence-corrected chi connectivity index (χ3v) is 7.01. The van der Waals surface area contributed by atoms with E-state index in [9.17, 15) is 9.90 Å². The van der Waals surface area contributed by atoms with E-state index in [1.807, 2.05) is 36.2 Å². The van der Waals surface area contributed by atoms with Gasteiger partial charge in [-0.3, -0.25) is 9.80 Å². The van der Waals surface area contributed by atoms with Crippen molar-refractivity contribution in [1.29, 1.82) is 0 Å². The number of hydrogen-bond acceptors (Lipinski definition) is 4. The van der Waals surface area contributed by atoms with E-state index in [1.54, 1.807) is 0 Å². The summed E-state index contributed by atoms with van der Waals surface area (Å²) in [7, 11) is 0. The molecule has 0 unspecified atom stereocenters. The first-order chi connectivity index (χ1) is 14.5. The van der Waals surface area contributed by atoms with Crippen LogP contribution in [0.3, 0.4) is 0 Å². The number of aliphatic hydroxyl groups is 1. The minimum absolute atomic E-state index is 0.137. The summed E-state index contributed by atoms with van der Waals surface area (Å²) in [5, 5.41) is 20.5. The SMILES string of the molecule is C[C@H]1C(C(=O)N[C@H]2CCCC[C@@H]2O)=NN(c2ccccc2Cl)[C@H]1c1ccc(I)cc1. The van der Waals surface area contributed by atoms with E-state index in [0.717, 1.165) is 40.5 Å². The molecule has 0 radical (unpaired) electrons. The number of anilines is 1. The molecule has 4 rings (SSSR count). The molecule has 2 aromatic rings. The Hall–Kier alpha value is -1.64. The van der Waals surface area contributed by atoms with Gasteiger partial charge in [0.15, 0.2) is 0 Å². The molecular weight excluding hydrogens is 513 g/mol. The monoisotopic (exact) mass is 537 g/mol. The molecule has 5 nitrogen and oxygen atoms in total. The molecule has 1 aliphatic heterocycles. The van der Waals surface area contributed by atoms with E-state index < -0.39 is 6.10 Å². The smallest absolute Gasteiger partial charge is 0.268 e. The Balaban J connectivity index is 1.67. The van der Waals surface area contributed by atoms with Crippen LogP contribution in [-0.2, 0) is 4.79 Å². The van der Waals surface area contributed by atoms with E-state index in [4.69, 9.17) is 16.7 Å². The molecule has 1 amide bonds. The van der Waals surface area contributed by atoms with Crippen molar-refractivity contribution in [2.45, 2.75) is 50.8 Å². The zero-order valence-corrected chi connectivity index (χ0v) is 19.7. The van der Waals surface area contributed by atoms with Gasteiger partial charge in [-0.2, -0.15) is 5.10 Å². The summed E-state index contributed by atoms with van der Waals surface area (Å²) in [6.07, 6.45) is 3.04. The van der Waals surface area contributed by atoms with Gasteiger partial charge in [0, 0.05) is 9.49 Å². The first kappa shape index (κ1) is 21.6. The lowest BCUT2D eigenvalue weighted by atomic mass is 9.89. The molecule has 4 atom stereocenters. The number of aliphatic hydroxyl groups excluding tert-OH is 1. The zero-order valence-electron chi connectivity index (χ0n) is 16.8. The molecular formula is C23H25ClIN3O2. The number of nitrogens with zero attached hydrogens (tertiary/aromatic N) is 2. The quantitative estimate of drug-likeness (QED) is 0.545. The van der Waals surface area contributed by atoms with Gasteiger partial charge in [-0.05, 0) is 65.3 Å². The summed E-state index contributed by atoms with van der Waals surface area (Å²) in [6.45, 7) is 2.02. The fraction of sp³-hybridized carbons (Fsp3) is 0.391. The molecule has 30 heavy (non-hydrogen) atoms. The van der Waals surface area contributed by atoms with Gasteiger partial charge in [0.2, 0.25) is 0 Å². The zero-order chi connectivity index (χ0) is 21.3. The van der Waals surface area contributed by atoms with Gasteiger partial charge >= 0.3 is 0 Å². The Morgan fingerprint density at radius 3 is 2.57 bits per heavy atom. The Morgan fingerprint density at radius 1 is 1.17 bits per heavy atom. The third kappa shape index (κ3) is 4.36. The van der Waals surface area contributed by atoms with Crippen molar-refractivity contribution in [1.82, 2.24) is 5.32 Å². The third-order valence-electron chi connectivity index (χ3n) is 5.97. The summed E-state index contributed by atoms with van der Waals surface area (Å²) < 4.78 is 1.15. The van der Waals surface area contributed by atoms with Crippen LogP contribution in [0.5, 0.6) is 0 Å². The molecule has 0 aromatic heterocycles. The van der Waals surface area contributed by atoms with Gasteiger partial charge in [-0.15, -0.1) is 0 Å². The predicted octanol–water partition coefficient (Wildman–Crippen LogP) is 4.92. The van der Waals surface area contributed by atoms with E-state index in [2.05, 4.69) is 52.2 Å². The summed E-state index contributed by atoms with van der Waals surface area (Å²) in [5.74, 6) is -0.347. The summed E-state index contributed by atoms with van der Waals surface area (Å²) >= 11 is 8.77. The van der Waals surface area contributed by atoms with Crippen LogP contribution in [0.15, 0.2) is 53.6 Å². The van der Waals surface area contributed by atoms with Crippen molar-refractivity contribution in [2.75, 3.05) is 5.01 Å². The van der Waals surface area contributed by atoms with Gasteiger partial charge in [-0.25, -0.2) is 0 Å². The maximum Gasteiger partial charge on any atom is 0.268 e. The first-order valence-electron chi connectivity index (χ1n) is 10.3. The van der Waals surface area contributed by atoms with Crippen LogP contribution in [0.1, 0.15) is 44.2 Å². The molecule has 158 valence electrons. The van der Waals surface area contributed by atoms with Gasteiger partial charge in [-0.1, -0.05) is 55.6 Å². The second kappa shape index (κ2) is 9.24. The fourth-order valence-corrected chi connectivity index (χ4v) is 4.92. The number of hydrazone groups is 1. The van der Waals surface area contributed by atoms with Crippen LogP contribution in [0.2, 0.25) is 5.02 Å². The van der Waals surface area contributed by atoms with Crippen molar-refractivity contribution in [2.24, 2.45) is 11.0 Å². The molecule has 1 saturated carbocycles. The van der Waals surface area contributed by atoms with Crippen molar-refractivity contribution < 1.29 is 9.90 Å². The maximum absolute atomic E-state index is 13.1. The molecule has 1 fully saturated rings. The second-order valence-electron chi connectivity index (χ2n) is 8.00. The number of carbonyl (C=O) groups excluding carboxylic acids is 1. The van der Waals surface area contributed by atoms with E-state index in [0.29, 0.717) is 10.7 Å². The Kier molecular flexibility index (Phi) is 6.65. The van der Waals surface area contributed by atoms with Crippen molar-refractivity contribution in [3.8, 4) is 0 Å². The number of nitrogens with one attached hydrogen (secondary N) is 1. The van der Waals surface area contributed by atoms with Crippen LogP contribution < -0.4 is 10.3 Å². The minimum atomic E-state index is -0.494. The number of amides is 1. The molecule has 2 aromatic carbocycles. The second-order valence-corrected chi connectivity index (χ2v) is 9.65. The maximum atomic E-state index is 13.1.